The molecule has 0 amide bonds. The second-order valence-electron chi connectivity index (χ2n) is 5.54. The van der Waals surface area contributed by atoms with Gasteiger partial charge in [0.25, 0.3) is 0 Å². The normalized spacial score (nSPS) is 18.2. The molecule has 106 valence electrons. The van der Waals surface area contributed by atoms with Crippen molar-refractivity contribution in [3.63, 3.8) is 0 Å². The summed E-state index contributed by atoms with van der Waals surface area (Å²) in [6.07, 6.45) is 6.66. The van der Waals surface area contributed by atoms with Crippen molar-refractivity contribution in [3.8, 4) is 5.75 Å². The number of hydrogen-bond acceptors (Lipinski definition) is 2. The van der Waals surface area contributed by atoms with Crippen molar-refractivity contribution in [2.24, 2.45) is 5.41 Å². The van der Waals surface area contributed by atoms with Crippen LogP contribution in [0.25, 0.3) is 0 Å². The van der Waals surface area contributed by atoms with Gasteiger partial charge < -0.3 is 9.47 Å². The van der Waals surface area contributed by atoms with Gasteiger partial charge in [0.1, 0.15) is 5.75 Å². The Morgan fingerprint density at radius 2 is 1.79 bits per heavy atom. The van der Waals surface area contributed by atoms with Crippen molar-refractivity contribution in [1.29, 1.82) is 0 Å². The first-order chi connectivity index (χ1) is 9.28. The molecule has 2 nitrogen and oxygen atoms in total. The molecule has 1 aliphatic rings. The molecule has 0 saturated heterocycles. The number of ether oxygens (including phenoxy) is 2. The van der Waals surface area contributed by atoms with E-state index >= 15 is 0 Å². The van der Waals surface area contributed by atoms with Crippen molar-refractivity contribution in [2.75, 3.05) is 19.0 Å². The molecule has 0 heterocycles. The summed E-state index contributed by atoms with van der Waals surface area (Å²) in [6.45, 7) is 1.56. The summed E-state index contributed by atoms with van der Waals surface area (Å²) in [7, 11) is 1.69. The predicted molar refractivity (Wildman–Crippen MR) is 82.0 cm³/mol. The van der Waals surface area contributed by atoms with Crippen LogP contribution in [0.1, 0.15) is 37.7 Å². The highest BCUT2D eigenvalue weighted by atomic mass is 79.9. The average molecular weight is 327 g/mol. The maximum absolute atomic E-state index is 5.96. The Morgan fingerprint density at radius 3 is 2.37 bits per heavy atom. The van der Waals surface area contributed by atoms with Gasteiger partial charge >= 0.3 is 0 Å². The molecule has 0 bridgehead atoms. The van der Waals surface area contributed by atoms with Gasteiger partial charge in [0.15, 0.2) is 0 Å². The summed E-state index contributed by atoms with van der Waals surface area (Å²) in [5.41, 5.74) is 1.58. The summed E-state index contributed by atoms with van der Waals surface area (Å²) in [4.78, 5) is 0. The van der Waals surface area contributed by atoms with E-state index in [0.29, 0.717) is 12.0 Å². The monoisotopic (exact) mass is 326 g/mol. The summed E-state index contributed by atoms with van der Waals surface area (Å²) in [5.74, 6) is 0.896. The highest BCUT2D eigenvalue weighted by Crippen LogP contribution is 2.38. The van der Waals surface area contributed by atoms with Crippen molar-refractivity contribution >= 4 is 15.9 Å². The molecule has 0 N–H and O–H groups in total. The average Bonchev–Trinajstić information content (AvgIpc) is 2.49. The molecule has 0 spiro atoms. The van der Waals surface area contributed by atoms with Gasteiger partial charge in [-0.05, 0) is 30.5 Å². The number of alkyl halides is 1. The first kappa shape index (κ1) is 14.9. The molecular weight excluding hydrogens is 304 g/mol. The number of benzene rings is 1. The van der Waals surface area contributed by atoms with Crippen molar-refractivity contribution in [2.45, 2.75) is 38.7 Å². The zero-order valence-electron chi connectivity index (χ0n) is 11.7. The molecule has 1 aromatic carbocycles. The minimum Gasteiger partial charge on any atom is -0.497 e. The van der Waals surface area contributed by atoms with Crippen LogP contribution < -0.4 is 4.74 Å². The highest BCUT2D eigenvalue weighted by Gasteiger charge is 2.31. The van der Waals surface area contributed by atoms with Crippen LogP contribution in [0.15, 0.2) is 24.3 Å². The number of hydrogen-bond donors (Lipinski definition) is 0. The molecule has 1 aromatic rings. The molecule has 0 unspecified atom stereocenters. The quantitative estimate of drug-likeness (QED) is 0.713. The van der Waals surface area contributed by atoms with Crippen molar-refractivity contribution in [3.05, 3.63) is 29.8 Å². The maximum atomic E-state index is 5.96. The summed E-state index contributed by atoms with van der Waals surface area (Å²) < 4.78 is 11.1. The van der Waals surface area contributed by atoms with Crippen LogP contribution in [-0.2, 0) is 11.3 Å². The Balaban J connectivity index is 1.81. The van der Waals surface area contributed by atoms with E-state index in [2.05, 4.69) is 28.1 Å². The Hall–Kier alpha value is -0.540. The molecule has 0 aromatic heterocycles. The SMILES string of the molecule is COc1ccc(COCC2(CBr)CCCCC2)cc1. The van der Waals surface area contributed by atoms with E-state index in [-0.39, 0.29) is 0 Å². The Morgan fingerprint density at radius 1 is 1.11 bits per heavy atom. The molecule has 3 heteroatoms. The maximum Gasteiger partial charge on any atom is 0.118 e. The Labute approximate surface area is 124 Å². The zero-order chi connectivity index (χ0) is 13.6. The minimum atomic E-state index is 0.366. The largest absolute Gasteiger partial charge is 0.497 e. The predicted octanol–water partition coefficient (Wildman–Crippen LogP) is 4.56. The minimum absolute atomic E-state index is 0.366. The lowest BCUT2D eigenvalue weighted by Crippen LogP contribution is -2.31. The van der Waals surface area contributed by atoms with Crippen molar-refractivity contribution < 1.29 is 9.47 Å². The fourth-order valence-electron chi connectivity index (χ4n) is 2.73. The molecule has 19 heavy (non-hydrogen) atoms. The molecule has 0 atom stereocenters. The molecule has 1 aliphatic carbocycles. The molecule has 2 rings (SSSR count). The van der Waals surface area contributed by atoms with E-state index < -0.39 is 0 Å². The van der Waals surface area contributed by atoms with E-state index in [0.717, 1.165) is 17.7 Å². The van der Waals surface area contributed by atoms with Crippen LogP contribution in [0.2, 0.25) is 0 Å². The van der Waals surface area contributed by atoms with Gasteiger partial charge in [0, 0.05) is 10.7 Å². The second kappa shape index (κ2) is 7.30. The summed E-state index contributed by atoms with van der Waals surface area (Å²) in [5, 5.41) is 1.06. The third-order valence-corrected chi connectivity index (χ3v) is 5.22. The van der Waals surface area contributed by atoms with Crippen LogP contribution in [-0.4, -0.2) is 19.0 Å². The first-order valence-corrected chi connectivity index (χ1v) is 8.17. The fraction of sp³-hybridized carbons (Fsp3) is 0.625. The smallest absolute Gasteiger partial charge is 0.118 e. The third kappa shape index (κ3) is 4.22. The van der Waals surface area contributed by atoms with Gasteiger partial charge in [0.05, 0.1) is 20.3 Å². The van der Waals surface area contributed by atoms with Crippen molar-refractivity contribution in [1.82, 2.24) is 0 Å². The van der Waals surface area contributed by atoms with E-state index in [1.54, 1.807) is 7.11 Å². The van der Waals surface area contributed by atoms with E-state index in [9.17, 15) is 0 Å². The first-order valence-electron chi connectivity index (χ1n) is 7.05. The third-order valence-electron chi connectivity index (χ3n) is 4.03. The fourth-order valence-corrected chi connectivity index (χ4v) is 3.45. The van der Waals surface area contributed by atoms with Crippen LogP contribution in [0.3, 0.4) is 0 Å². The lowest BCUT2D eigenvalue weighted by Gasteiger charge is -2.35. The van der Waals surface area contributed by atoms with Crippen LogP contribution >= 0.6 is 15.9 Å². The van der Waals surface area contributed by atoms with Gasteiger partial charge in [0.2, 0.25) is 0 Å². The van der Waals surface area contributed by atoms with E-state index in [4.69, 9.17) is 9.47 Å². The van der Waals surface area contributed by atoms with Crippen LogP contribution in [0.5, 0.6) is 5.75 Å². The highest BCUT2D eigenvalue weighted by molar-refractivity contribution is 9.09. The molecule has 1 saturated carbocycles. The Bertz CT molecular complexity index is 369. The number of rotatable bonds is 6. The van der Waals surface area contributed by atoms with E-state index in [1.807, 2.05) is 12.1 Å². The van der Waals surface area contributed by atoms with Gasteiger partial charge in [-0.1, -0.05) is 47.3 Å². The molecule has 0 radical (unpaired) electrons. The van der Waals surface area contributed by atoms with Gasteiger partial charge in [-0.2, -0.15) is 0 Å². The number of methoxy groups -OCH3 is 1. The molecular formula is C16H23BrO2. The van der Waals surface area contributed by atoms with Gasteiger partial charge in [-0.3, -0.25) is 0 Å². The molecule has 1 fully saturated rings. The van der Waals surface area contributed by atoms with Gasteiger partial charge in [-0.25, -0.2) is 0 Å². The molecule has 0 aliphatic heterocycles. The van der Waals surface area contributed by atoms with Crippen LogP contribution in [0, 0.1) is 5.41 Å². The van der Waals surface area contributed by atoms with E-state index in [1.165, 1.54) is 37.7 Å². The lowest BCUT2D eigenvalue weighted by atomic mass is 9.76. The standard InChI is InChI=1S/C16H23BrO2/c1-18-15-7-5-14(6-8-15)11-19-13-16(12-17)9-3-2-4-10-16/h5-8H,2-4,9-13H2,1H3. The number of halogens is 1. The van der Waals surface area contributed by atoms with Crippen LogP contribution in [0.4, 0.5) is 0 Å². The summed E-state index contributed by atoms with van der Waals surface area (Å²) in [6, 6.07) is 8.11. The van der Waals surface area contributed by atoms with Gasteiger partial charge in [-0.15, -0.1) is 0 Å². The Kier molecular flexibility index (Phi) is 5.71. The summed E-state index contributed by atoms with van der Waals surface area (Å²) >= 11 is 3.68. The zero-order valence-corrected chi connectivity index (χ0v) is 13.2. The topological polar surface area (TPSA) is 18.5 Å². The second-order valence-corrected chi connectivity index (χ2v) is 6.10. The lowest BCUT2D eigenvalue weighted by molar-refractivity contribution is 0.0256.